The molecule has 0 radical (unpaired) electrons. The number of halogens is 3. The lowest BCUT2D eigenvalue weighted by molar-refractivity contribution is -0.186. The van der Waals surface area contributed by atoms with E-state index in [4.69, 9.17) is 0 Å². The molecule has 1 N–H and O–H groups in total. The number of hydrogen-bond acceptors (Lipinski definition) is 4. The third-order valence-corrected chi connectivity index (χ3v) is 5.18. The van der Waals surface area contributed by atoms with E-state index in [1.54, 1.807) is 20.8 Å². The molecule has 7 nitrogen and oxygen atoms in total. The Bertz CT molecular complexity index is 913. The van der Waals surface area contributed by atoms with Crippen LogP contribution in [0.1, 0.15) is 64.7 Å². The van der Waals surface area contributed by atoms with Gasteiger partial charge in [0.1, 0.15) is 0 Å². The van der Waals surface area contributed by atoms with Gasteiger partial charge in [0, 0.05) is 30.2 Å². The van der Waals surface area contributed by atoms with Gasteiger partial charge in [-0.3, -0.25) is 24.1 Å². The zero-order valence-electron chi connectivity index (χ0n) is 16.8. The number of amides is 4. The Kier molecular flexibility index (Phi) is 5.38. The highest BCUT2D eigenvalue weighted by molar-refractivity contribution is 6.22. The van der Waals surface area contributed by atoms with Crippen LogP contribution in [0.2, 0.25) is 0 Å². The lowest BCUT2D eigenvalue weighted by Crippen LogP contribution is -2.50. The van der Waals surface area contributed by atoms with Crippen molar-refractivity contribution in [2.75, 3.05) is 13.1 Å². The number of hydrogen-bond donors (Lipinski definition) is 1. The van der Waals surface area contributed by atoms with Crippen molar-refractivity contribution in [1.29, 1.82) is 0 Å². The highest BCUT2D eigenvalue weighted by Gasteiger charge is 2.44. The summed E-state index contributed by atoms with van der Waals surface area (Å²) in [5, 5.41) is 2.72. The van der Waals surface area contributed by atoms with E-state index in [2.05, 4.69) is 5.32 Å². The van der Waals surface area contributed by atoms with Crippen LogP contribution in [-0.2, 0) is 4.79 Å². The fraction of sp³-hybridized carbons (Fsp3) is 0.500. The van der Waals surface area contributed by atoms with Crippen LogP contribution >= 0.6 is 0 Å². The minimum atomic E-state index is -4.91. The van der Waals surface area contributed by atoms with Gasteiger partial charge in [-0.1, -0.05) is 0 Å². The standard InChI is InChI=1S/C20H22F3N3O4/c1-19(2,3)26-16(28)13-5-4-11(10-14(13)17(26)29)15(27)24-12-6-8-25(9-7-12)18(30)20(21,22)23/h4-5,10,12H,6-9H2,1-3H3,(H,24,27). The molecular formula is C20H22F3N3O4. The molecule has 2 heterocycles. The summed E-state index contributed by atoms with van der Waals surface area (Å²) in [5.74, 6) is -3.27. The highest BCUT2D eigenvalue weighted by Crippen LogP contribution is 2.30. The second-order valence-corrected chi connectivity index (χ2v) is 8.41. The Morgan fingerprint density at radius 1 is 1.00 bits per heavy atom. The van der Waals surface area contributed by atoms with Crippen LogP contribution in [0.25, 0.3) is 0 Å². The average molecular weight is 425 g/mol. The van der Waals surface area contributed by atoms with Gasteiger partial charge in [-0.2, -0.15) is 13.2 Å². The first-order valence-corrected chi connectivity index (χ1v) is 9.50. The van der Waals surface area contributed by atoms with E-state index in [9.17, 15) is 32.3 Å². The molecule has 162 valence electrons. The van der Waals surface area contributed by atoms with Gasteiger partial charge >= 0.3 is 12.1 Å². The molecule has 0 bridgehead atoms. The lowest BCUT2D eigenvalue weighted by atomic mass is 10.0. The van der Waals surface area contributed by atoms with Gasteiger partial charge in [-0.15, -0.1) is 0 Å². The molecule has 1 saturated heterocycles. The minimum Gasteiger partial charge on any atom is -0.349 e. The Balaban J connectivity index is 1.66. The predicted octanol–water partition coefficient (Wildman–Crippen LogP) is 2.36. The van der Waals surface area contributed by atoms with Gasteiger partial charge in [-0.05, 0) is 51.8 Å². The lowest BCUT2D eigenvalue weighted by Gasteiger charge is -2.32. The van der Waals surface area contributed by atoms with Crippen LogP contribution in [-0.4, -0.2) is 64.3 Å². The number of imide groups is 1. The van der Waals surface area contributed by atoms with Crippen molar-refractivity contribution in [3.8, 4) is 0 Å². The third-order valence-electron chi connectivity index (χ3n) is 5.18. The second-order valence-electron chi connectivity index (χ2n) is 8.41. The maximum atomic E-state index is 12.6. The first-order chi connectivity index (χ1) is 13.8. The first kappa shape index (κ1) is 21.8. The number of nitrogens with zero attached hydrogens (tertiary/aromatic N) is 2. The van der Waals surface area contributed by atoms with Gasteiger partial charge in [-0.25, -0.2) is 0 Å². The van der Waals surface area contributed by atoms with Gasteiger partial charge < -0.3 is 10.2 Å². The summed E-state index contributed by atoms with van der Waals surface area (Å²) in [4.78, 5) is 50.9. The van der Waals surface area contributed by atoms with Crippen molar-refractivity contribution in [3.63, 3.8) is 0 Å². The van der Waals surface area contributed by atoms with E-state index in [1.807, 2.05) is 0 Å². The molecule has 1 fully saturated rings. The Hall–Kier alpha value is -2.91. The molecule has 0 atom stereocenters. The quantitative estimate of drug-likeness (QED) is 0.737. The topological polar surface area (TPSA) is 86.8 Å². The maximum absolute atomic E-state index is 12.6. The number of piperidine rings is 1. The van der Waals surface area contributed by atoms with Crippen LogP contribution in [0.3, 0.4) is 0 Å². The first-order valence-electron chi connectivity index (χ1n) is 9.50. The van der Waals surface area contributed by atoms with Gasteiger partial charge in [0.2, 0.25) is 0 Å². The number of benzene rings is 1. The molecule has 1 aromatic rings. The third kappa shape index (κ3) is 4.03. The fourth-order valence-electron chi connectivity index (χ4n) is 3.67. The van der Waals surface area contributed by atoms with Crippen molar-refractivity contribution in [1.82, 2.24) is 15.1 Å². The molecule has 10 heteroatoms. The molecule has 3 rings (SSSR count). The zero-order valence-corrected chi connectivity index (χ0v) is 16.8. The van der Waals surface area contributed by atoms with E-state index in [0.29, 0.717) is 0 Å². The highest BCUT2D eigenvalue weighted by atomic mass is 19.4. The maximum Gasteiger partial charge on any atom is 0.471 e. The number of carbonyl (C=O) groups excluding carboxylic acids is 4. The molecule has 4 amide bonds. The average Bonchev–Trinajstić information content (AvgIpc) is 2.91. The number of rotatable bonds is 2. The smallest absolute Gasteiger partial charge is 0.349 e. The number of alkyl halides is 3. The summed E-state index contributed by atoms with van der Waals surface area (Å²) >= 11 is 0. The van der Waals surface area contributed by atoms with Crippen molar-refractivity contribution in [2.45, 2.75) is 51.4 Å². The normalized spacial score (nSPS) is 17.9. The molecule has 1 aromatic carbocycles. The molecule has 0 aromatic heterocycles. The summed E-state index contributed by atoms with van der Waals surface area (Å²) in [6.07, 6.45) is -4.53. The Morgan fingerprint density at radius 3 is 2.10 bits per heavy atom. The number of likely N-dealkylation sites (tertiary alicyclic amines) is 1. The second kappa shape index (κ2) is 7.41. The van der Waals surface area contributed by atoms with E-state index in [0.717, 1.165) is 9.80 Å². The summed E-state index contributed by atoms with van der Waals surface area (Å²) in [6, 6.07) is 3.83. The summed E-state index contributed by atoms with van der Waals surface area (Å²) < 4.78 is 37.5. The fourth-order valence-corrected chi connectivity index (χ4v) is 3.67. The van der Waals surface area contributed by atoms with Crippen molar-refractivity contribution in [3.05, 3.63) is 34.9 Å². The van der Waals surface area contributed by atoms with Gasteiger partial charge in [0.05, 0.1) is 11.1 Å². The van der Waals surface area contributed by atoms with Gasteiger partial charge in [0.15, 0.2) is 0 Å². The monoisotopic (exact) mass is 425 g/mol. The molecular weight excluding hydrogens is 403 g/mol. The van der Waals surface area contributed by atoms with Crippen LogP contribution in [0.4, 0.5) is 13.2 Å². The predicted molar refractivity (Wildman–Crippen MR) is 99.8 cm³/mol. The summed E-state index contributed by atoms with van der Waals surface area (Å²) in [5.41, 5.74) is -0.157. The number of carbonyl (C=O) groups is 4. The van der Waals surface area contributed by atoms with Crippen molar-refractivity contribution >= 4 is 23.6 Å². The van der Waals surface area contributed by atoms with Crippen molar-refractivity contribution in [2.24, 2.45) is 0 Å². The van der Waals surface area contributed by atoms with E-state index in [1.165, 1.54) is 18.2 Å². The van der Waals surface area contributed by atoms with Crippen LogP contribution < -0.4 is 5.32 Å². The molecule has 0 saturated carbocycles. The number of fused-ring (bicyclic) bond motifs is 1. The molecule has 2 aliphatic rings. The molecule has 2 aliphatic heterocycles. The number of nitrogens with one attached hydrogen (secondary N) is 1. The van der Waals surface area contributed by atoms with E-state index in [-0.39, 0.29) is 42.6 Å². The molecule has 30 heavy (non-hydrogen) atoms. The molecule has 0 spiro atoms. The zero-order chi connectivity index (χ0) is 22.4. The summed E-state index contributed by atoms with van der Waals surface area (Å²) in [6.45, 7) is 4.98. The van der Waals surface area contributed by atoms with E-state index < -0.39 is 41.4 Å². The largest absolute Gasteiger partial charge is 0.471 e. The Labute approximate surface area is 171 Å². The van der Waals surface area contributed by atoms with Crippen LogP contribution in [0.15, 0.2) is 18.2 Å². The molecule has 0 aliphatic carbocycles. The van der Waals surface area contributed by atoms with E-state index >= 15 is 0 Å². The van der Waals surface area contributed by atoms with Gasteiger partial charge in [0.25, 0.3) is 17.7 Å². The summed E-state index contributed by atoms with van der Waals surface area (Å²) in [7, 11) is 0. The Morgan fingerprint density at radius 2 is 1.57 bits per heavy atom. The van der Waals surface area contributed by atoms with Crippen molar-refractivity contribution < 1.29 is 32.3 Å². The van der Waals surface area contributed by atoms with Crippen LogP contribution in [0, 0.1) is 0 Å². The van der Waals surface area contributed by atoms with Crippen LogP contribution in [0.5, 0.6) is 0 Å². The minimum absolute atomic E-state index is 0.110. The molecule has 0 unspecified atom stereocenters. The SMILES string of the molecule is CC(C)(C)N1C(=O)c2ccc(C(=O)NC3CCN(C(=O)C(F)(F)F)CC3)cc2C1=O.